The molecular weight excluding hydrogens is 398 g/mol. The number of nitrogens with one attached hydrogen (secondary N) is 1. The van der Waals surface area contributed by atoms with E-state index in [4.69, 9.17) is 0 Å². The Kier molecular flexibility index (Phi) is 6.77. The van der Waals surface area contributed by atoms with Gasteiger partial charge in [-0.25, -0.2) is 0 Å². The lowest BCUT2D eigenvalue weighted by atomic mass is 9.72. The van der Waals surface area contributed by atoms with Crippen molar-refractivity contribution in [1.82, 2.24) is 0 Å². The number of hydrogen-bond donors (Lipinski definition) is 1. The van der Waals surface area contributed by atoms with Gasteiger partial charge in [0.25, 0.3) is 0 Å². The highest BCUT2D eigenvalue weighted by Crippen LogP contribution is 2.38. The molecular formula is C32H45N. The summed E-state index contributed by atoms with van der Waals surface area (Å²) in [6.45, 7) is 23.4. The Balaban J connectivity index is 1.78. The predicted octanol–water partition coefficient (Wildman–Crippen LogP) is 10.0. The first kappa shape index (κ1) is 25.3. The molecule has 0 aliphatic rings. The summed E-state index contributed by atoms with van der Waals surface area (Å²) >= 11 is 0. The summed E-state index contributed by atoms with van der Waals surface area (Å²) in [5.74, 6) is 0. The third kappa shape index (κ3) is 6.85. The zero-order chi connectivity index (χ0) is 24.7. The molecule has 0 unspecified atom stereocenters. The van der Waals surface area contributed by atoms with Crippen molar-refractivity contribution < 1.29 is 0 Å². The molecule has 0 aromatic heterocycles. The zero-order valence-electron chi connectivity index (χ0n) is 22.7. The van der Waals surface area contributed by atoms with E-state index in [0.29, 0.717) is 10.8 Å². The quantitative estimate of drug-likeness (QED) is 0.399. The Hall–Kier alpha value is -2.28. The van der Waals surface area contributed by atoms with E-state index in [1.807, 2.05) is 0 Å². The van der Waals surface area contributed by atoms with Crippen LogP contribution in [0.3, 0.4) is 0 Å². The van der Waals surface area contributed by atoms with Gasteiger partial charge in [0.15, 0.2) is 0 Å². The van der Waals surface area contributed by atoms with Gasteiger partial charge in [-0.05, 0) is 80.7 Å². The Morgan fingerprint density at radius 2 is 0.909 bits per heavy atom. The van der Waals surface area contributed by atoms with Gasteiger partial charge in [-0.15, -0.1) is 0 Å². The van der Waals surface area contributed by atoms with Crippen molar-refractivity contribution in [2.24, 2.45) is 10.8 Å². The molecule has 33 heavy (non-hydrogen) atoms. The van der Waals surface area contributed by atoms with Gasteiger partial charge in [0.05, 0.1) is 0 Å². The third-order valence-electron chi connectivity index (χ3n) is 6.52. The number of anilines is 2. The lowest BCUT2D eigenvalue weighted by Crippen LogP contribution is -2.24. The van der Waals surface area contributed by atoms with Crippen LogP contribution in [0, 0.1) is 10.8 Å². The minimum atomic E-state index is 0.159. The van der Waals surface area contributed by atoms with Crippen LogP contribution in [-0.2, 0) is 10.8 Å². The summed E-state index contributed by atoms with van der Waals surface area (Å²) < 4.78 is 0. The van der Waals surface area contributed by atoms with Crippen molar-refractivity contribution in [3.05, 3.63) is 71.8 Å². The Labute approximate surface area is 203 Å². The average Bonchev–Trinajstić information content (AvgIpc) is 2.64. The summed E-state index contributed by atoms with van der Waals surface area (Å²) in [6.07, 6.45) is 2.32. The van der Waals surface area contributed by atoms with Crippen molar-refractivity contribution in [3.63, 3.8) is 0 Å². The van der Waals surface area contributed by atoms with E-state index in [9.17, 15) is 0 Å². The van der Waals surface area contributed by atoms with Crippen LogP contribution in [0.4, 0.5) is 11.4 Å². The molecule has 0 saturated carbocycles. The zero-order valence-corrected chi connectivity index (χ0v) is 22.7. The first-order valence-corrected chi connectivity index (χ1v) is 12.5. The molecule has 3 aromatic carbocycles. The normalized spacial score (nSPS) is 13.4. The van der Waals surface area contributed by atoms with Crippen LogP contribution in [0.2, 0.25) is 0 Å². The molecule has 0 aliphatic heterocycles. The van der Waals surface area contributed by atoms with Gasteiger partial charge in [0.2, 0.25) is 0 Å². The monoisotopic (exact) mass is 443 g/mol. The predicted molar refractivity (Wildman–Crippen MR) is 148 cm³/mol. The van der Waals surface area contributed by atoms with Crippen molar-refractivity contribution in [1.29, 1.82) is 0 Å². The minimum absolute atomic E-state index is 0.159. The fraction of sp³-hybridized carbons (Fsp3) is 0.500. The van der Waals surface area contributed by atoms with Crippen molar-refractivity contribution in [2.75, 3.05) is 5.32 Å². The largest absolute Gasteiger partial charge is 0.356 e. The second-order valence-corrected chi connectivity index (χ2v) is 13.7. The SMILES string of the molecule is CC(C)(C)CC(C)(C)c1ccc(Nc2ccc3cc(C(C)(C)CC(C)(C)C)ccc3c2)cc1. The summed E-state index contributed by atoms with van der Waals surface area (Å²) in [5.41, 5.74) is 6.02. The maximum atomic E-state index is 3.60. The Bertz CT molecular complexity index is 1090. The maximum Gasteiger partial charge on any atom is 0.0390 e. The second-order valence-electron chi connectivity index (χ2n) is 13.7. The molecule has 3 aromatic rings. The fourth-order valence-corrected chi connectivity index (χ4v) is 5.77. The second kappa shape index (κ2) is 8.82. The molecule has 178 valence electrons. The van der Waals surface area contributed by atoms with Gasteiger partial charge in [0.1, 0.15) is 0 Å². The maximum absolute atomic E-state index is 3.60. The van der Waals surface area contributed by atoms with Crippen LogP contribution in [-0.4, -0.2) is 0 Å². The Morgan fingerprint density at radius 3 is 1.45 bits per heavy atom. The molecule has 3 rings (SSSR count). The Morgan fingerprint density at radius 1 is 0.485 bits per heavy atom. The average molecular weight is 444 g/mol. The number of rotatable bonds is 6. The first-order valence-electron chi connectivity index (χ1n) is 12.5. The standard InChI is InChI=1S/C32H45N/c1-29(2,3)21-31(7,8)25-14-17-27(18-15-25)33-28-16-12-23-19-26(13-11-24(23)20-28)32(9,10)22-30(4,5)6/h11-20,33H,21-22H2,1-10H3. The molecule has 0 atom stereocenters. The molecule has 0 heterocycles. The van der Waals surface area contributed by atoms with Gasteiger partial charge in [-0.3, -0.25) is 0 Å². The molecule has 1 heteroatoms. The smallest absolute Gasteiger partial charge is 0.0390 e. The molecule has 1 nitrogen and oxygen atoms in total. The molecule has 0 radical (unpaired) electrons. The van der Waals surface area contributed by atoms with Gasteiger partial charge in [0, 0.05) is 11.4 Å². The minimum Gasteiger partial charge on any atom is -0.356 e. The van der Waals surface area contributed by atoms with E-state index in [-0.39, 0.29) is 10.8 Å². The molecule has 0 bridgehead atoms. The third-order valence-corrected chi connectivity index (χ3v) is 6.52. The fourth-order valence-electron chi connectivity index (χ4n) is 5.77. The van der Waals surface area contributed by atoms with Crippen molar-refractivity contribution in [2.45, 2.75) is 92.9 Å². The highest BCUT2D eigenvalue weighted by atomic mass is 14.9. The summed E-state index contributed by atoms with van der Waals surface area (Å²) in [4.78, 5) is 0. The van der Waals surface area contributed by atoms with Crippen molar-refractivity contribution >= 4 is 22.1 Å². The summed E-state index contributed by atoms with van der Waals surface area (Å²) in [7, 11) is 0. The summed E-state index contributed by atoms with van der Waals surface area (Å²) in [5, 5.41) is 6.18. The van der Waals surface area contributed by atoms with E-state index in [2.05, 4.69) is 135 Å². The van der Waals surface area contributed by atoms with Crippen LogP contribution < -0.4 is 5.32 Å². The first-order chi connectivity index (χ1) is 15.0. The van der Waals surface area contributed by atoms with Gasteiger partial charge in [-0.1, -0.05) is 106 Å². The van der Waals surface area contributed by atoms with Gasteiger partial charge in [-0.2, -0.15) is 0 Å². The van der Waals surface area contributed by atoms with Gasteiger partial charge >= 0.3 is 0 Å². The van der Waals surface area contributed by atoms with Crippen LogP contribution in [0.1, 0.15) is 93.2 Å². The van der Waals surface area contributed by atoms with Crippen LogP contribution in [0.5, 0.6) is 0 Å². The van der Waals surface area contributed by atoms with E-state index in [1.165, 1.54) is 21.9 Å². The number of hydrogen-bond acceptors (Lipinski definition) is 1. The van der Waals surface area contributed by atoms with E-state index in [1.54, 1.807) is 0 Å². The van der Waals surface area contributed by atoms with Gasteiger partial charge < -0.3 is 5.32 Å². The number of benzene rings is 3. The number of fused-ring (bicyclic) bond motifs is 1. The van der Waals surface area contributed by atoms with E-state index >= 15 is 0 Å². The lowest BCUT2D eigenvalue weighted by molar-refractivity contribution is 0.283. The molecule has 0 spiro atoms. The molecule has 0 aliphatic carbocycles. The molecule has 0 saturated heterocycles. The highest BCUT2D eigenvalue weighted by Gasteiger charge is 2.28. The van der Waals surface area contributed by atoms with E-state index in [0.717, 1.165) is 24.2 Å². The van der Waals surface area contributed by atoms with Crippen LogP contribution >= 0.6 is 0 Å². The highest BCUT2D eigenvalue weighted by molar-refractivity contribution is 5.87. The van der Waals surface area contributed by atoms with Crippen LogP contribution in [0.25, 0.3) is 10.8 Å². The van der Waals surface area contributed by atoms with Crippen molar-refractivity contribution in [3.8, 4) is 0 Å². The summed E-state index contributed by atoms with van der Waals surface area (Å²) in [6, 6.07) is 22.6. The molecule has 0 amide bonds. The topological polar surface area (TPSA) is 12.0 Å². The lowest BCUT2D eigenvalue weighted by Gasteiger charge is -2.33. The van der Waals surface area contributed by atoms with E-state index < -0.39 is 0 Å². The molecule has 0 fully saturated rings. The van der Waals surface area contributed by atoms with Crippen LogP contribution in [0.15, 0.2) is 60.7 Å². The molecule has 1 N–H and O–H groups in total.